The molecule has 244 valence electrons. The van der Waals surface area contributed by atoms with Crippen LogP contribution in [0.25, 0.3) is 76.9 Å². The van der Waals surface area contributed by atoms with Crippen LogP contribution in [0.3, 0.4) is 0 Å². The molecule has 10 aromatic rings. The molecule has 0 amide bonds. The minimum Gasteiger partial charge on any atom is -0.455 e. The Balaban J connectivity index is 1.07. The predicted octanol–water partition coefficient (Wildman–Crippen LogP) is 14.4. The largest absolute Gasteiger partial charge is 0.455 e. The normalized spacial score (nSPS) is 11.5. The molecule has 1 heterocycles. The standard InChI is InChI=1S/C50H33NO/c1-3-11-38-31-41(21-19-34(38)9-1)36-23-27-43(28-24-36)51(45-14-7-13-40(33-45)42-22-20-35-10-2-4-12-39(35)32-42)44-29-25-37(26-30-44)46-16-8-17-48-47-15-5-6-18-49(47)52-50(46)48/h1-33H. The first-order valence-corrected chi connectivity index (χ1v) is 17.7. The number of nitrogens with zero attached hydrogens (tertiary/aromatic N) is 1. The molecule has 0 aliphatic rings. The molecule has 0 atom stereocenters. The van der Waals surface area contributed by atoms with Crippen molar-refractivity contribution in [1.82, 2.24) is 0 Å². The minimum atomic E-state index is 0.908. The number of rotatable bonds is 6. The Bertz CT molecular complexity index is 2900. The summed E-state index contributed by atoms with van der Waals surface area (Å²) in [6.45, 7) is 0. The fraction of sp³-hybridized carbons (Fsp3) is 0. The third-order valence-electron chi connectivity index (χ3n) is 10.2. The highest BCUT2D eigenvalue weighted by Gasteiger charge is 2.16. The number of furan rings is 1. The number of para-hydroxylation sites is 2. The van der Waals surface area contributed by atoms with E-state index in [0.29, 0.717) is 0 Å². The van der Waals surface area contributed by atoms with Crippen molar-refractivity contribution >= 4 is 60.5 Å². The second kappa shape index (κ2) is 12.5. The molecular weight excluding hydrogens is 631 g/mol. The van der Waals surface area contributed by atoms with Gasteiger partial charge in [-0.15, -0.1) is 0 Å². The zero-order chi connectivity index (χ0) is 34.4. The van der Waals surface area contributed by atoms with Gasteiger partial charge in [-0.3, -0.25) is 0 Å². The van der Waals surface area contributed by atoms with E-state index in [1.165, 1.54) is 43.8 Å². The van der Waals surface area contributed by atoms with Crippen molar-refractivity contribution in [3.8, 4) is 33.4 Å². The van der Waals surface area contributed by atoms with E-state index >= 15 is 0 Å². The van der Waals surface area contributed by atoms with Crippen molar-refractivity contribution in [3.63, 3.8) is 0 Å². The Labute approximate surface area is 302 Å². The predicted molar refractivity (Wildman–Crippen MR) is 220 cm³/mol. The second-order valence-electron chi connectivity index (χ2n) is 13.4. The Morgan fingerprint density at radius 1 is 0.308 bits per heavy atom. The Morgan fingerprint density at radius 2 is 0.827 bits per heavy atom. The summed E-state index contributed by atoms with van der Waals surface area (Å²) in [5.74, 6) is 0. The van der Waals surface area contributed by atoms with Crippen LogP contribution >= 0.6 is 0 Å². The molecule has 0 bridgehead atoms. The molecule has 0 fully saturated rings. The molecule has 0 spiro atoms. The van der Waals surface area contributed by atoms with Crippen LogP contribution in [0.5, 0.6) is 0 Å². The second-order valence-corrected chi connectivity index (χ2v) is 13.4. The van der Waals surface area contributed by atoms with Crippen LogP contribution < -0.4 is 4.90 Å². The third kappa shape index (κ3) is 5.30. The van der Waals surface area contributed by atoms with E-state index in [4.69, 9.17) is 4.42 Å². The first-order valence-electron chi connectivity index (χ1n) is 17.7. The monoisotopic (exact) mass is 663 g/mol. The zero-order valence-electron chi connectivity index (χ0n) is 28.4. The van der Waals surface area contributed by atoms with Gasteiger partial charge < -0.3 is 9.32 Å². The molecule has 1 aromatic heterocycles. The summed E-state index contributed by atoms with van der Waals surface area (Å²) in [6, 6.07) is 71.8. The van der Waals surface area contributed by atoms with Gasteiger partial charge >= 0.3 is 0 Å². The first-order chi connectivity index (χ1) is 25.7. The van der Waals surface area contributed by atoms with Gasteiger partial charge in [0.1, 0.15) is 11.2 Å². The molecule has 2 heteroatoms. The first kappa shape index (κ1) is 30.0. The summed E-state index contributed by atoms with van der Waals surface area (Å²) in [7, 11) is 0. The fourth-order valence-corrected chi connectivity index (χ4v) is 7.58. The fourth-order valence-electron chi connectivity index (χ4n) is 7.58. The van der Waals surface area contributed by atoms with Crippen LogP contribution in [0.4, 0.5) is 17.1 Å². The van der Waals surface area contributed by atoms with Crippen molar-refractivity contribution in [2.45, 2.75) is 0 Å². The van der Waals surface area contributed by atoms with Gasteiger partial charge in [-0.05, 0) is 104 Å². The lowest BCUT2D eigenvalue weighted by molar-refractivity contribution is 0.670. The molecule has 0 unspecified atom stereocenters. The average Bonchev–Trinajstić information content (AvgIpc) is 3.60. The lowest BCUT2D eigenvalue weighted by Gasteiger charge is -2.26. The van der Waals surface area contributed by atoms with Crippen LogP contribution in [0.2, 0.25) is 0 Å². The quantitative estimate of drug-likeness (QED) is 0.176. The van der Waals surface area contributed by atoms with Crippen LogP contribution in [0.1, 0.15) is 0 Å². The number of fused-ring (bicyclic) bond motifs is 5. The molecule has 2 nitrogen and oxygen atoms in total. The molecule has 52 heavy (non-hydrogen) atoms. The van der Waals surface area contributed by atoms with Gasteiger partial charge in [-0.2, -0.15) is 0 Å². The Kier molecular flexibility index (Phi) is 7.18. The van der Waals surface area contributed by atoms with Crippen molar-refractivity contribution in [2.75, 3.05) is 4.90 Å². The highest BCUT2D eigenvalue weighted by Crippen LogP contribution is 2.40. The highest BCUT2D eigenvalue weighted by atomic mass is 16.3. The van der Waals surface area contributed by atoms with Gasteiger partial charge in [-0.1, -0.05) is 146 Å². The molecule has 0 saturated heterocycles. The number of hydrogen-bond acceptors (Lipinski definition) is 2. The van der Waals surface area contributed by atoms with Gasteiger partial charge in [-0.25, -0.2) is 0 Å². The van der Waals surface area contributed by atoms with Crippen molar-refractivity contribution in [3.05, 3.63) is 200 Å². The van der Waals surface area contributed by atoms with Crippen LogP contribution in [-0.4, -0.2) is 0 Å². The van der Waals surface area contributed by atoms with Crippen molar-refractivity contribution in [1.29, 1.82) is 0 Å². The molecule has 0 aliphatic heterocycles. The lowest BCUT2D eigenvalue weighted by atomic mass is 9.99. The maximum atomic E-state index is 6.40. The molecule has 0 aliphatic carbocycles. The van der Waals surface area contributed by atoms with Gasteiger partial charge in [0.15, 0.2) is 0 Å². The Hall–Kier alpha value is -6.90. The molecular formula is C50H33NO. The van der Waals surface area contributed by atoms with Gasteiger partial charge in [0, 0.05) is 33.4 Å². The third-order valence-corrected chi connectivity index (χ3v) is 10.2. The molecule has 0 radical (unpaired) electrons. The van der Waals surface area contributed by atoms with E-state index in [1.54, 1.807) is 0 Å². The topological polar surface area (TPSA) is 16.4 Å². The number of benzene rings is 9. The van der Waals surface area contributed by atoms with E-state index in [0.717, 1.165) is 50.1 Å². The maximum absolute atomic E-state index is 6.40. The van der Waals surface area contributed by atoms with E-state index in [1.807, 2.05) is 12.1 Å². The van der Waals surface area contributed by atoms with Crippen molar-refractivity contribution in [2.24, 2.45) is 0 Å². The zero-order valence-corrected chi connectivity index (χ0v) is 28.4. The number of hydrogen-bond donors (Lipinski definition) is 0. The average molecular weight is 664 g/mol. The number of anilines is 3. The van der Waals surface area contributed by atoms with Gasteiger partial charge in [0.05, 0.1) is 0 Å². The van der Waals surface area contributed by atoms with E-state index in [9.17, 15) is 0 Å². The van der Waals surface area contributed by atoms with Crippen LogP contribution in [-0.2, 0) is 0 Å². The minimum absolute atomic E-state index is 0.908. The van der Waals surface area contributed by atoms with Gasteiger partial charge in [0.25, 0.3) is 0 Å². The summed E-state index contributed by atoms with van der Waals surface area (Å²) in [5.41, 5.74) is 12.1. The van der Waals surface area contributed by atoms with Gasteiger partial charge in [0.2, 0.25) is 0 Å². The van der Waals surface area contributed by atoms with E-state index in [2.05, 4.69) is 193 Å². The lowest BCUT2D eigenvalue weighted by Crippen LogP contribution is -2.10. The van der Waals surface area contributed by atoms with Crippen LogP contribution in [0.15, 0.2) is 205 Å². The summed E-state index contributed by atoms with van der Waals surface area (Å²) >= 11 is 0. The smallest absolute Gasteiger partial charge is 0.143 e. The van der Waals surface area contributed by atoms with Crippen LogP contribution in [0, 0.1) is 0 Å². The summed E-state index contributed by atoms with van der Waals surface area (Å²) < 4.78 is 6.40. The maximum Gasteiger partial charge on any atom is 0.143 e. The van der Waals surface area contributed by atoms with E-state index in [-0.39, 0.29) is 0 Å². The summed E-state index contributed by atoms with van der Waals surface area (Å²) in [4.78, 5) is 2.35. The molecule has 0 saturated carbocycles. The summed E-state index contributed by atoms with van der Waals surface area (Å²) in [5, 5.41) is 7.25. The Morgan fingerprint density at radius 3 is 1.52 bits per heavy atom. The molecule has 9 aromatic carbocycles. The van der Waals surface area contributed by atoms with Crippen molar-refractivity contribution < 1.29 is 4.42 Å². The molecule has 10 rings (SSSR count). The molecule has 0 N–H and O–H groups in total. The highest BCUT2D eigenvalue weighted by molar-refractivity contribution is 6.09. The van der Waals surface area contributed by atoms with E-state index < -0.39 is 0 Å². The SMILES string of the molecule is c1cc(-c2ccc3ccccc3c2)cc(N(c2ccc(-c3ccc4ccccc4c3)cc2)c2ccc(-c3cccc4c3oc3ccccc34)cc2)c1. The summed E-state index contributed by atoms with van der Waals surface area (Å²) in [6.07, 6.45) is 0.